The third-order valence-electron chi connectivity index (χ3n) is 3.03. The molecule has 1 aromatic carbocycles. The number of fused-ring (bicyclic) bond motifs is 1. The summed E-state index contributed by atoms with van der Waals surface area (Å²) in [4.78, 5) is 13.1. The first kappa shape index (κ1) is 12.2. The molecule has 2 amide bonds. The molecule has 0 radical (unpaired) electrons. The monoisotopic (exact) mass is 252 g/mol. The van der Waals surface area contributed by atoms with Crippen molar-refractivity contribution < 1.29 is 4.79 Å². The number of carbonyl (C=O) groups excluding carboxylic acids is 1. The van der Waals surface area contributed by atoms with Crippen LogP contribution in [0.1, 0.15) is 36.3 Å². The molecule has 0 saturated heterocycles. The number of alkyl halides is 1. The second-order valence-electron chi connectivity index (χ2n) is 4.46. The number of hydrogen-bond acceptors (Lipinski definition) is 1. The number of amides is 2. The van der Waals surface area contributed by atoms with Crippen LogP contribution in [-0.4, -0.2) is 18.0 Å². The van der Waals surface area contributed by atoms with Gasteiger partial charge < -0.3 is 10.2 Å². The van der Waals surface area contributed by atoms with Crippen molar-refractivity contribution in [1.82, 2.24) is 4.90 Å². The summed E-state index contributed by atoms with van der Waals surface area (Å²) < 4.78 is 0. The van der Waals surface area contributed by atoms with Crippen molar-refractivity contribution in [2.45, 2.75) is 31.7 Å². The van der Waals surface area contributed by atoms with Gasteiger partial charge in [0.1, 0.15) is 0 Å². The van der Waals surface area contributed by atoms with Gasteiger partial charge in [0.25, 0.3) is 0 Å². The Hall–Kier alpha value is -1.22. The molecule has 0 aliphatic carbocycles. The van der Waals surface area contributed by atoms with Gasteiger partial charge in [0.2, 0.25) is 0 Å². The second kappa shape index (κ2) is 4.96. The van der Waals surface area contributed by atoms with Gasteiger partial charge in [-0.2, -0.15) is 0 Å². The highest BCUT2D eigenvalue weighted by Gasteiger charge is 2.20. The molecule has 1 aromatic rings. The quantitative estimate of drug-likeness (QED) is 0.817. The van der Waals surface area contributed by atoms with E-state index in [9.17, 15) is 4.79 Å². The van der Waals surface area contributed by atoms with Gasteiger partial charge in [0.05, 0.1) is 5.38 Å². The van der Waals surface area contributed by atoms with E-state index in [1.807, 2.05) is 12.1 Å². The molecule has 3 nitrogen and oxygen atoms in total. The van der Waals surface area contributed by atoms with E-state index in [4.69, 9.17) is 11.6 Å². The van der Waals surface area contributed by atoms with E-state index in [0.717, 1.165) is 29.7 Å². The van der Waals surface area contributed by atoms with Gasteiger partial charge in [-0.1, -0.05) is 25.5 Å². The molecular weight excluding hydrogens is 236 g/mol. The van der Waals surface area contributed by atoms with Crippen LogP contribution in [0.2, 0.25) is 0 Å². The molecule has 2 rings (SSSR count). The lowest BCUT2D eigenvalue weighted by Crippen LogP contribution is -2.35. The minimum absolute atomic E-state index is 0.0544. The normalized spacial score (nSPS) is 16.4. The van der Waals surface area contributed by atoms with E-state index in [0.29, 0.717) is 6.54 Å². The Balaban J connectivity index is 2.25. The number of benzene rings is 1. The standard InChI is InChI=1S/C13H17ClN2O/c1-3-4-11(14)9-5-6-12-10(7-9)8-16(2)13(17)15-12/h5-7,11H,3-4,8H2,1-2H3,(H,15,17). The van der Waals surface area contributed by atoms with Crippen molar-refractivity contribution in [3.63, 3.8) is 0 Å². The third-order valence-corrected chi connectivity index (χ3v) is 3.50. The molecule has 17 heavy (non-hydrogen) atoms. The van der Waals surface area contributed by atoms with Gasteiger partial charge in [-0.15, -0.1) is 11.6 Å². The Morgan fingerprint density at radius 3 is 3.00 bits per heavy atom. The fraction of sp³-hybridized carbons (Fsp3) is 0.462. The van der Waals surface area contributed by atoms with Crippen LogP contribution < -0.4 is 5.32 Å². The maximum absolute atomic E-state index is 11.5. The predicted molar refractivity (Wildman–Crippen MR) is 70.4 cm³/mol. The number of rotatable bonds is 3. The smallest absolute Gasteiger partial charge is 0.321 e. The van der Waals surface area contributed by atoms with E-state index in [1.165, 1.54) is 0 Å². The molecule has 1 atom stereocenters. The van der Waals surface area contributed by atoms with Gasteiger partial charge in [-0.25, -0.2) is 4.79 Å². The molecule has 0 bridgehead atoms. The zero-order chi connectivity index (χ0) is 12.4. The summed E-state index contributed by atoms with van der Waals surface area (Å²) in [5.74, 6) is 0. The van der Waals surface area contributed by atoms with Gasteiger partial charge in [0.15, 0.2) is 0 Å². The Bertz CT molecular complexity index is 433. The number of nitrogens with zero attached hydrogens (tertiary/aromatic N) is 1. The highest BCUT2D eigenvalue weighted by molar-refractivity contribution is 6.20. The lowest BCUT2D eigenvalue weighted by atomic mass is 10.0. The fourth-order valence-electron chi connectivity index (χ4n) is 2.02. The van der Waals surface area contributed by atoms with Crippen LogP contribution in [-0.2, 0) is 6.54 Å². The summed E-state index contributed by atoms with van der Waals surface area (Å²) in [6.45, 7) is 2.77. The summed E-state index contributed by atoms with van der Waals surface area (Å²) in [5.41, 5.74) is 3.17. The Morgan fingerprint density at radius 2 is 2.29 bits per heavy atom. The molecule has 1 N–H and O–H groups in total. The number of anilines is 1. The van der Waals surface area contributed by atoms with Crippen LogP contribution in [0.15, 0.2) is 18.2 Å². The predicted octanol–water partition coefficient (Wildman–Crippen LogP) is 3.74. The average molecular weight is 253 g/mol. The van der Waals surface area contributed by atoms with E-state index in [-0.39, 0.29) is 11.4 Å². The molecule has 0 saturated carbocycles. The average Bonchev–Trinajstić information content (AvgIpc) is 2.30. The van der Waals surface area contributed by atoms with Crippen LogP contribution in [0.3, 0.4) is 0 Å². The molecule has 1 aliphatic heterocycles. The van der Waals surface area contributed by atoms with Crippen LogP contribution in [0.4, 0.5) is 10.5 Å². The summed E-state index contributed by atoms with van der Waals surface area (Å²) in [6.07, 6.45) is 2.05. The highest BCUT2D eigenvalue weighted by atomic mass is 35.5. The molecule has 1 aliphatic rings. The van der Waals surface area contributed by atoms with Crippen molar-refractivity contribution in [2.75, 3.05) is 12.4 Å². The summed E-state index contributed by atoms with van der Waals surface area (Å²) >= 11 is 6.31. The molecule has 1 heterocycles. The van der Waals surface area contributed by atoms with E-state index < -0.39 is 0 Å². The van der Waals surface area contributed by atoms with Crippen molar-refractivity contribution in [3.05, 3.63) is 29.3 Å². The summed E-state index contributed by atoms with van der Waals surface area (Å²) in [7, 11) is 1.79. The lowest BCUT2D eigenvalue weighted by molar-refractivity contribution is 0.218. The number of nitrogens with one attached hydrogen (secondary N) is 1. The summed E-state index contributed by atoms with van der Waals surface area (Å²) in [6, 6.07) is 5.98. The number of hydrogen-bond donors (Lipinski definition) is 1. The molecular formula is C13H17ClN2O. The lowest BCUT2D eigenvalue weighted by Gasteiger charge is -2.26. The third kappa shape index (κ3) is 2.55. The molecule has 92 valence electrons. The molecule has 0 aromatic heterocycles. The topological polar surface area (TPSA) is 32.3 Å². The van der Waals surface area contributed by atoms with Crippen molar-refractivity contribution in [3.8, 4) is 0 Å². The van der Waals surface area contributed by atoms with Gasteiger partial charge in [-0.3, -0.25) is 0 Å². The zero-order valence-electron chi connectivity index (χ0n) is 10.2. The maximum Gasteiger partial charge on any atom is 0.321 e. The first-order valence-corrected chi connectivity index (χ1v) is 6.34. The van der Waals surface area contributed by atoms with Crippen LogP contribution in [0.5, 0.6) is 0 Å². The number of halogens is 1. The number of urea groups is 1. The van der Waals surface area contributed by atoms with Crippen LogP contribution >= 0.6 is 11.6 Å². The van der Waals surface area contributed by atoms with Crippen LogP contribution in [0, 0.1) is 0 Å². The number of carbonyl (C=O) groups is 1. The summed E-state index contributed by atoms with van der Waals surface area (Å²) in [5, 5.41) is 2.91. The van der Waals surface area contributed by atoms with Crippen molar-refractivity contribution >= 4 is 23.3 Å². The van der Waals surface area contributed by atoms with Crippen molar-refractivity contribution in [1.29, 1.82) is 0 Å². The van der Waals surface area contributed by atoms with E-state index in [2.05, 4.69) is 18.3 Å². The minimum atomic E-state index is -0.0544. The SMILES string of the molecule is CCCC(Cl)c1ccc2c(c1)CN(C)C(=O)N2. The Morgan fingerprint density at radius 1 is 1.53 bits per heavy atom. The van der Waals surface area contributed by atoms with Crippen molar-refractivity contribution in [2.24, 2.45) is 0 Å². The second-order valence-corrected chi connectivity index (χ2v) is 4.99. The van der Waals surface area contributed by atoms with Gasteiger partial charge in [0, 0.05) is 19.3 Å². The van der Waals surface area contributed by atoms with Gasteiger partial charge in [-0.05, 0) is 23.6 Å². The van der Waals surface area contributed by atoms with E-state index in [1.54, 1.807) is 11.9 Å². The largest absolute Gasteiger partial charge is 0.323 e. The van der Waals surface area contributed by atoms with E-state index >= 15 is 0 Å². The zero-order valence-corrected chi connectivity index (χ0v) is 10.9. The van der Waals surface area contributed by atoms with Crippen LogP contribution in [0.25, 0.3) is 0 Å². The Labute approximate surface area is 107 Å². The maximum atomic E-state index is 11.5. The fourth-order valence-corrected chi connectivity index (χ4v) is 2.37. The first-order valence-electron chi connectivity index (χ1n) is 5.91. The molecule has 4 heteroatoms. The minimum Gasteiger partial charge on any atom is -0.323 e. The Kier molecular flexibility index (Phi) is 3.57. The highest BCUT2D eigenvalue weighted by Crippen LogP contribution is 2.30. The van der Waals surface area contributed by atoms with Gasteiger partial charge >= 0.3 is 6.03 Å². The molecule has 0 fully saturated rings. The molecule has 0 spiro atoms. The molecule has 1 unspecified atom stereocenters. The first-order chi connectivity index (χ1) is 8.11.